The third kappa shape index (κ3) is 3.31. The van der Waals surface area contributed by atoms with E-state index in [9.17, 15) is 9.59 Å². The van der Waals surface area contributed by atoms with Gasteiger partial charge in [-0.1, -0.05) is 30.3 Å². The Labute approximate surface area is 169 Å². The fraction of sp³-hybridized carbons (Fsp3) is 0.261. The van der Waals surface area contributed by atoms with E-state index in [-0.39, 0.29) is 5.91 Å². The Hall–Kier alpha value is -3.41. The summed E-state index contributed by atoms with van der Waals surface area (Å²) in [7, 11) is 1.57. The molecule has 1 saturated carbocycles. The molecule has 0 aliphatic heterocycles. The van der Waals surface area contributed by atoms with E-state index in [1.54, 1.807) is 7.05 Å². The highest BCUT2D eigenvalue weighted by Gasteiger charge is 2.63. The first-order chi connectivity index (χ1) is 14.0. The van der Waals surface area contributed by atoms with Crippen molar-refractivity contribution in [3.8, 4) is 5.75 Å². The summed E-state index contributed by atoms with van der Waals surface area (Å²) >= 11 is 0. The second kappa shape index (κ2) is 7.20. The molecule has 6 heteroatoms. The predicted octanol–water partition coefficient (Wildman–Crippen LogP) is 2.61. The van der Waals surface area contributed by atoms with Gasteiger partial charge in [0.25, 0.3) is 0 Å². The molecule has 148 valence electrons. The Bertz CT molecular complexity index is 1110. The van der Waals surface area contributed by atoms with Gasteiger partial charge in [-0.05, 0) is 43.2 Å². The number of primary amides is 1. The summed E-state index contributed by atoms with van der Waals surface area (Å²) in [5, 5.41) is 3.71. The van der Waals surface area contributed by atoms with Gasteiger partial charge < -0.3 is 15.8 Å². The van der Waals surface area contributed by atoms with Crippen LogP contribution in [0, 0.1) is 12.8 Å². The standard InChI is InChI=1S/C23H23N3O3/c1-14-10-15(18-8-3-4-9-20(18)26-14)13-29-17-7-5-6-16(11-17)23(22(28)25-2)12-19(23)21(24)27/h3-11,19H,12-13H2,1-2H3,(H2,24,27)(H,25,28)/t19-,23-/m0/s1. The third-order valence-corrected chi connectivity index (χ3v) is 5.61. The van der Waals surface area contributed by atoms with Gasteiger partial charge in [0.15, 0.2) is 0 Å². The lowest BCUT2D eigenvalue weighted by Crippen LogP contribution is -2.36. The van der Waals surface area contributed by atoms with Gasteiger partial charge in [0.05, 0.1) is 16.8 Å². The van der Waals surface area contributed by atoms with Gasteiger partial charge in [0.1, 0.15) is 12.4 Å². The van der Waals surface area contributed by atoms with E-state index in [4.69, 9.17) is 10.5 Å². The number of rotatable bonds is 6. The molecule has 1 aliphatic carbocycles. The number of hydrogen-bond donors (Lipinski definition) is 2. The van der Waals surface area contributed by atoms with Gasteiger partial charge in [-0.3, -0.25) is 14.6 Å². The molecular formula is C23H23N3O3. The molecular weight excluding hydrogens is 366 g/mol. The van der Waals surface area contributed by atoms with E-state index in [2.05, 4.69) is 10.3 Å². The van der Waals surface area contributed by atoms with E-state index >= 15 is 0 Å². The number of fused-ring (bicyclic) bond motifs is 1. The van der Waals surface area contributed by atoms with Gasteiger partial charge in [0, 0.05) is 23.7 Å². The second-order valence-corrected chi connectivity index (χ2v) is 7.47. The number of pyridine rings is 1. The lowest BCUT2D eigenvalue weighted by molar-refractivity contribution is -0.126. The first-order valence-electron chi connectivity index (χ1n) is 9.56. The zero-order chi connectivity index (χ0) is 20.6. The summed E-state index contributed by atoms with van der Waals surface area (Å²) in [6, 6.07) is 17.3. The number of amides is 2. The number of hydrogen-bond acceptors (Lipinski definition) is 4. The molecule has 3 aromatic rings. The van der Waals surface area contributed by atoms with Crippen LogP contribution in [0.25, 0.3) is 10.9 Å². The smallest absolute Gasteiger partial charge is 0.231 e. The summed E-state index contributed by atoms with van der Waals surface area (Å²) < 4.78 is 6.05. The predicted molar refractivity (Wildman–Crippen MR) is 110 cm³/mol. The van der Waals surface area contributed by atoms with Crippen LogP contribution in [0.15, 0.2) is 54.6 Å². The topological polar surface area (TPSA) is 94.3 Å². The summed E-state index contributed by atoms with van der Waals surface area (Å²) in [4.78, 5) is 28.8. The molecule has 0 unspecified atom stereocenters. The number of para-hydroxylation sites is 1. The zero-order valence-corrected chi connectivity index (χ0v) is 16.4. The molecule has 1 aromatic heterocycles. The highest BCUT2D eigenvalue weighted by Crippen LogP contribution is 2.54. The minimum Gasteiger partial charge on any atom is -0.489 e. The lowest BCUT2D eigenvalue weighted by Gasteiger charge is -2.17. The van der Waals surface area contributed by atoms with E-state index in [0.29, 0.717) is 18.8 Å². The molecule has 1 aliphatic rings. The van der Waals surface area contributed by atoms with Crippen LogP contribution in [0.1, 0.15) is 23.2 Å². The molecule has 0 saturated heterocycles. The fourth-order valence-electron chi connectivity index (χ4n) is 4.07. The maximum atomic E-state index is 12.5. The first-order valence-corrected chi connectivity index (χ1v) is 9.56. The first kappa shape index (κ1) is 18.9. The molecule has 0 radical (unpaired) electrons. The highest BCUT2D eigenvalue weighted by atomic mass is 16.5. The number of nitrogens with one attached hydrogen (secondary N) is 1. The summed E-state index contributed by atoms with van der Waals surface area (Å²) in [6.45, 7) is 2.33. The van der Waals surface area contributed by atoms with Crippen LogP contribution in [0.3, 0.4) is 0 Å². The minimum absolute atomic E-state index is 0.200. The zero-order valence-electron chi connectivity index (χ0n) is 16.4. The van der Waals surface area contributed by atoms with Crippen molar-refractivity contribution in [1.29, 1.82) is 0 Å². The van der Waals surface area contributed by atoms with Crippen molar-refractivity contribution in [3.05, 3.63) is 71.4 Å². The number of nitrogens with two attached hydrogens (primary N) is 1. The van der Waals surface area contributed by atoms with Crippen molar-refractivity contribution in [1.82, 2.24) is 10.3 Å². The molecule has 6 nitrogen and oxygen atoms in total. The number of carbonyl (C=O) groups is 2. The lowest BCUT2D eigenvalue weighted by atomic mass is 9.91. The number of nitrogens with zero attached hydrogens (tertiary/aromatic N) is 1. The fourth-order valence-corrected chi connectivity index (χ4v) is 4.07. The Kier molecular flexibility index (Phi) is 4.70. The van der Waals surface area contributed by atoms with Gasteiger partial charge in [-0.25, -0.2) is 0 Å². The maximum Gasteiger partial charge on any atom is 0.231 e. The summed E-state index contributed by atoms with van der Waals surface area (Å²) in [5.74, 6) is -0.517. The molecule has 29 heavy (non-hydrogen) atoms. The number of aromatic nitrogens is 1. The molecule has 1 heterocycles. The Morgan fingerprint density at radius 1 is 1.21 bits per heavy atom. The van der Waals surface area contributed by atoms with Crippen LogP contribution >= 0.6 is 0 Å². The number of ether oxygens (including phenoxy) is 1. The number of carbonyl (C=O) groups excluding carboxylic acids is 2. The molecule has 2 aromatic carbocycles. The molecule has 0 spiro atoms. The molecule has 1 fully saturated rings. The molecule has 0 bridgehead atoms. The molecule has 2 amide bonds. The van der Waals surface area contributed by atoms with Gasteiger partial charge in [0.2, 0.25) is 11.8 Å². The second-order valence-electron chi connectivity index (χ2n) is 7.47. The van der Waals surface area contributed by atoms with Crippen LogP contribution in [0.4, 0.5) is 0 Å². The Morgan fingerprint density at radius 3 is 2.72 bits per heavy atom. The van der Waals surface area contributed by atoms with E-state index < -0.39 is 17.2 Å². The molecule has 4 rings (SSSR count). The van der Waals surface area contributed by atoms with Gasteiger partial charge in [-0.15, -0.1) is 0 Å². The number of benzene rings is 2. The Balaban J connectivity index is 1.61. The number of likely N-dealkylation sites (N-methyl/N-ethyl adjacent to an activating group) is 1. The summed E-state index contributed by atoms with van der Waals surface area (Å²) in [5.41, 5.74) is 8.23. The van der Waals surface area contributed by atoms with Crippen molar-refractivity contribution < 1.29 is 14.3 Å². The van der Waals surface area contributed by atoms with Crippen molar-refractivity contribution >= 4 is 22.7 Å². The van der Waals surface area contributed by atoms with Crippen LogP contribution in [0.5, 0.6) is 5.75 Å². The van der Waals surface area contributed by atoms with Crippen molar-refractivity contribution in [2.75, 3.05) is 7.05 Å². The van der Waals surface area contributed by atoms with Crippen LogP contribution in [-0.4, -0.2) is 23.8 Å². The van der Waals surface area contributed by atoms with Crippen molar-refractivity contribution in [2.45, 2.75) is 25.4 Å². The quantitative estimate of drug-likeness (QED) is 0.678. The number of aryl methyl sites for hydroxylation is 1. The van der Waals surface area contributed by atoms with Crippen LogP contribution < -0.4 is 15.8 Å². The minimum atomic E-state index is -0.903. The Morgan fingerprint density at radius 2 is 2.00 bits per heavy atom. The van der Waals surface area contributed by atoms with Gasteiger partial charge >= 0.3 is 0 Å². The van der Waals surface area contributed by atoms with E-state index in [0.717, 1.165) is 27.7 Å². The van der Waals surface area contributed by atoms with Crippen molar-refractivity contribution in [3.63, 3.8) is 0 Å². The molecule has 3 N–H and O–H groups in total. The van der Waals surface area contributed by atoms with E-state index in [1.807, 2.05) is 61.5 Å². The maximum absolute atomic E-state index is 12.5. The average molecular weight is 389 g/mol. The highest BCUT2D eigenvalue weighted by molar-refractivity contribution is 6.00. The van der Waals surface area contributed by atoms with Crippen molar-refractivity contribution in [2.24, 2.45) is 11.7 Å². The van der Waals surface area contributed by atoms with E-state index in [1.165, 1.54) is 0 Å². The summed E-state index contributed by atoms with van der Waals surface area (Å²) in [6.07, 6.45) is 0.416. The third-order valence-electron chi connectivity index (χ3n) is 5.61. The van der Waals surface area contributed by atoms with Gasteiger partial charge in [-0.2, -0.15) is 0 Å². The normalized spacial score (nSPS) is 20.3. The van der Waals surface area contributed by atoms with Crippen LogP contribution in [0.2, 0.25) is 0 Å². The largest absolute Gasteiger partial charge is 0.489 e. The SMILES string of the molecule is CNC(=O)[C@]1(c2cccc(OCc3cc(C)nc4ccccc34)c2)C[C@H]1C(N)=O. The monoisotopic (exact) mass is 389 g/mol. The van der Waals surface area contributed by atoms with Crippen LogP contribution in [-0.2, 0) is 21.6 Å². The average Bonchev–Trinajstić information content (AvgIpc) is 3.49. The molecule has 2 atom stereocenters.